The first-order valence-electron chi connectivity index (χ1n) is 6.70. The van der Waals surface area contributed by atoms with Gasteiger partial charge in [0, 0.05) is 17.6 Å². The smallest absolute Gasteiger partial charge is 0.416 e. The zero-order chi connectivity index (χ0) is 17.7. The molecular weight excluding hydrogens is 363 g/mol. The number of aromatic nitrogens is 1. The molecule has 2 rings (SSSR count). The molecule has 0 aliphatic rings. The molecule has 128 valence electrons. The van der Waals surface area contributed by atoms with E-state index < -0.39 is 11.7 Å². The highest BCUT2D eigenvalue weighted by atomic mass is 35.5. The van der Waals surface area contributed by atoms with E-state index in [4.69, 9.17) is 28.6 Å². The van der Waals surface area contributed by atoms with E-state index in [0.717, 1.165) is 12.1 Å². The molecule has 2 N–H and O–H groups in total. The summed E-state index contributed by atoms with van der Waals surface area (Å²) in [5.41, 5.74) is 0.356. The van der Waals surface area contributed by atoms with Gasteiger partial charge in [-0.15, -0.1) is 0 Å². The second-order valence-electron chi connectivity index (χ2n) is 4.70. The monoisotopic (exact) mass is 375 g/mol. The number of nitrogens with zero attached hydrogens (tertiary/aromatic N) is 1. The van der Waals surface area contributed by atoms with Crippen LogP contribution in [0.1, 0.15) is 11.1 Å². The average molecular weight is 376 g/mol. The summed E-state index contributed by atoms with van der Waals surface area (Å²) in [6, 6.07) is 6.58. The Hall–Kier alpha value is -2.06. The van der Waals surface area contributed by atoms with Crippen molar-refractivity contribution in [3.05, 3.63) is 52.7 Å². The standard InChI is InChI=1S/C15H13ClF3N3OS/c1-23-13-5-4-11(8-20-13)22-14(24)21-7-9-2-3-10(6-12(9)16)15(17,18)19/h2-6,8H,7H2,1H3,(H2,21,22,24). The number of methoxy groups -OCH3 is 1. The van der Waals surface area contributed by atoms with Gasteiger partial charge < -0.3 is 15.4 Å². The number of nitrogens with one attached hydrogen (secondary N) is 2. The van der Waals surface area contributed by atoms with Crippen LogP contribution in [0.4, 0.5) is 18.9 Å². The van der Waals surface area contributed by atoms with Crippen LogP contribution < -0.4 is 15.4 Å². The molecule has 4 nitrogen and oxygen atoms in total. The lowest BCUT2D eigenvalue weighted by molar-refractivity contribution is -0.137. The molecule has 0 saturated heterocycles. The van der Waals surface area contributed by atoms with E-state index in [1.165, 1.54) is 19.4 Å². The molecule has 0 aliphatic heterocycles. The van der Waals surface area contributed by atoms with Gasteiger partial charge in [-0.25, -0.2) is 4.98 Å². The molecule has 9 heteroatoms. The fourth-order valence-electron chi connectivity index (χ4n) is 1.79. The maximum atomic E-state index is 12.6. The Morgan fingerprint density at radius 1 is 1.29 bits per heavy atom. The van der Waals surface area contributed by atoms with E-state index in [9.17, 15) is 13.2 Å². The van der Waals surface area contributed by atoms with Crippen molar-refractivity contribution in [2.45, 2.75) is 12.7 Å². The Labute approximate surface area is 147 Å². The predicted octanol–water partition coefficient (Wildman–Crippen LogP) is 4.25. The number of alkyl halides is 3. The minimum Gasteiger partial charge on any atom is -0.481 e. The van der Waals surface area contributed by atoms with Gasteiger partial charge in [0.2, 0.25) is 5.88 Å². The van der Waals surface area contributed by atoms with Gasteiger partial charge in [-0.2, -0.15) is 13.2 Å². The maximum absolute atomic E-state index is 12.6. The van der Waals surface area contributed by atoms with E-state index >= 15 is 0 Å². The highest BCUT2D eigenvalue weighted by molar-refractivity contribution is 7.80. The Morgan fingerprint density at radius 2 is 2.04 bits per heavy atom. The number of thiocarbonyl (C=S) groups is 1. The van der Waals surface area contributed by atoms with Crippen LogP contribution in [0.3, 0.4) is 0 Å². The van der Waals surface area contributed by atoms with Crippen LogP contribution >= 0.6 is 23.8 Å². The van der Waals surface area contributed by atoms with E-state index in [0.29, 0.717) is 17.1 Å². The zero-order valence-electron chi connectivity index (χ0n) is 12.4. The Bertz CT molecular complexity index is 723. The fraction of sp³-hybridized carbons (Fsp3) is 0.200. The number of halogens is 4. The molecule has 1 aromatic heterocycles. The minimum atomic E-state index is -4.42. The lowest BCUT2D eigenvalue weighted by Gasteiger charge is -2.13. The Balaban J connectivity index is 1.93. The first kappa shape index (κ1) is 18.3. The maximum Gasteiger partial charge on any atom is 0.416 e. The first-order chi connectivity index (χ1) is 11.3. The van der Waals surface area contributed by atoms with E-state index in [2.05, 4.69) is 15.6 Å². The van der Waals surface area contributed by atoms with E-state index in [-0.39, 0.29) is 16.7 Å². The summed E-state index contributed by atoms with van der Waals surface area (Å²) in [5.74, 6) is 0.468. The van der Waals surface area contributed by atoms with Crippen molar-refractivity contribution in [1.82, 2.24) is 10.3 Å². The predicted molar refractivity (Wildman–Crippen MR) is 90.3 cm³/mol. The second-order valence-corrected chi connectivity index (χ2v) is 5.52. The van der Waals surface area contributed by atoms with Crippen molar-refractivity contribution in [1.29, 1.82) is 0 Å². The van der Waals surface area contributed by atoms with Gasteiger partial charge in [-0.3, -0.25) is 0 Å². The van der Waals surface area contributed by atoms with Gasteiger partial charge >= 0.3 is 6.18 Å². The lowest BCUT2D eigenvalue weighted by Crippen LogP contribution is -2.28. The van der Waals surface area contributed by atoms with Crippen molar-refractivity contribution in [2.24, 2.45) is 0 Å². The molecule has 0 amide bonds. The van der Waals surface area contributed by atoms with Crippen molar-refractivity contribution in [3.63, 3.8) is 0 Å². The van der Waals surface area contributed by atoms with Crippen LogP contribution in [0.2, 0.25) is 5.02 Å². The normalized spacial score (nSPS) is 11.0. The molecule has 0 atom stereocenters. The van der Waals surface area contributed by atoms with Crippen molar-refractivity contribution >= 4 is 34.6 Å². The summed E-state index contributed by atoms with van der Waals surface area (Å²) in [6.45, 7) is 0.187. The highest BCUT2D eigenvalue weighted by Gasteiger charge is 2.30. The summed E-state index contributed by atoms with van der Waals surface area (Å²) in [7, 11) is 1.51. The summed E-state index contributed by atoms with van der Waals surface area (Å²) in [5, 5.41) is 6.08. The Morgan fingerprint density at radius 3 is 2.58 bits per heavy atom. The number of rotatable bonds is 4. The van der Waals surface area contributed by atoms with Crippen LogP contribution in [0, 0.1) is 0 Å². The largest absolute Gasteiger partial charge is 0.481 e. The van der Waals surface area contributed by atoms with Gasteiger partial charge in [0.15, 0.2) is 5.11 Å². The molecular formula is C15H13ClF3N3OS. The van der Waals surface area contributed by atoms with Gasteiger partial charge in [0.1, 0.15) is 0 Å². The van der Waals surface area contributed by atoms with Crippen molar-refractivity contribution in [2.75, 3.05) is 12.4 Å². The van der Waals surface area contributed by atoms with Crippen LogP contribution in [0.5, 0.6) is 5.88 Å². The summed E-state index contributed by atoms with van der Waals surface area (Å²) >= 11 is 11.0. The third-order valence-electron chi connectivity index (χ3n) is 3.02. The highest BCUT2D eigenvalue weighted by Crippen LogP contribution is 2.32. The molecule has 0 saturated carbocycles. The van der Waals surface area contributed by atoms with Crippen molar-refractivity contribution < 1.29 is 17.9 Å². The van der Waals surface area contributed by atoms with Gasteiger partial charge in [0.05, 0.1) is 24.6 Å². The van der Waals surface area contributed by atoms with E-state index in [1.54, 1.807) is 12.1 Å². The van der Waals surface area contributed by atoms with Gasteiger partial charge in [-0.1, -0.05) is 17.7 Å². The number of hydrogen-bond acceptors (Lipinski definition) is 3. The molecule has 0 fully saturated rings. The molecule has 24 heavy (non-hydrogen) atoms. The first-order valence-corrected chi connectivity index (χ1v) is 7.48. The molecule has 0 spiro atoms. The SMILES string of the molecule is COc1ccc(NC(=S)NCc2ccc(C(F)(F)F)cc2Cl)cn1. The third kappa shape index (κ3) is 4.97. The fourth-order valence-corrected chi connectivity index (χ4v) is 2.23. The van der Waals surface area contributed by atoms with E-state index in [1.807, 2.05) is 0 Å². The molecule has 1 heterocycles. The van der Waals surface area contributed by atoms with Gasteiger partial charge in [0.25, 0.3) is 0 Å². The average Bonchev–Trinajstić information content (AvgIpc) is 2.53. The zero-order valence-corrected chi connectivity index (χ0v) is 14.0. The summed E-state index contributed by atoms with van der Waals surface area (Å²) in [6.07, 6.45) is -2.88. The molecule has 0 aliphatic carbocycles. The number of ether oxygens (including phenoxy) is 1. The molecule has 0 bridgehead atoms. The number of anilines is 1. The lowest BCUT2D eigenvalue weighted by atomic mass is 10.1. The Kier molecular flexibility index (Phi) is 5.84. The number of benzene rings is 1. The van der Waals surface area contributed by atoms with Crippen LogP contribution in [0.25, 0.3) is 0 Å². The minimum absolute atomic E-state index is 0.0197. The number of hydrogen-bond donors (Lipinski definition) is 2. The van der Waals surface area contributed by atoms with Crippen LogP contribution in [-0.2, 0) is 12.7 Å². The summed E-state index contributed by atoms with van der Waals surface area (Å²) < 4.78 is 42.7. The summed E-state index contributed by atoms with van der Waals surface area (Å²) in [4.78, 5) is 4.02. The quantitative estimate of drug-likeness (QED) is 0.782. The molecule has 1 aromatic carbocycles. The van der Waals surface area contributed by atoms with Gasteiger partial charge in [-0.05, 0) is 36.0 Å². The molecule has 0 radical (unpaired) electrons. The number of pyridine rings is 1. The molecule has 0 unspecified atom stereocenters. The second kappa shape index (κ2) is 7.67. The topological polar surface area (TPSA) is 46.2 Å². The molecule has 2 aromatic rings. The van der Waals surface area contributed by atoms with Crippen LogP contribution in [-0.4, -0.2) is 17.2 Å². The van der Waals surface area contributed by atoms with Crippen molar-refractivity contribution in [3.8, 4) is 5.88 Å². The van der Waals surface area contributed by atoms with Crippen LogP contribution in [0.15, 0.2) is 36.5 Å². The third-order valence-corrected chi connectivity index (χ3v) is 3.62.